The minimum atomic E-state index is -5.56. The van der Waals surface area contributed by atoms with Crippen LogP contribution in [0.5, 0.6) is 0 Å². The highest BCUT2D eigenvalue weighted by Gasteiger charge is 2.48. The number of hydrogen-bond donors (Lipinski definition) is 8. The second-order valence-corrected chi connectivity index (χ2v) is 14.1. The van der Waals surface area contributed by atoms with E-state index in [4.69, 9.17) is 20.9 Å². The van der Waals surface area contributed by atoms with Gasteiger partial charge in [0.05, 0.1) is 13.2 Å². The molecule has 5 rings (SSSR count). The van der Waals surface area contributed by atoms with Crippen LogP contribution < -0.4 is 11.5 Å². The number of ether oxygens (including phenoxy) is 2. The van der Waals surface area contributed by atoms with Crippen molar-refractivity contribution in [3.05, 3.63) is 42.5 Å². The van der Waals surface area contributed by atoms with E-state index in [0.29, 0.717) is 0 Å². The lowest BCUT2D eigenvalue weighted by Crippen LogP contribution is -2.36. The molecule has 48 heavy (non-hydrogen) atoms. The number of phosphoric ester groups is 3. The van der Waals surface area contributed by atoms with E-state index in [2.05, 4.69) is 32.8 Å². The Bertz CT molecular complexity index is 1860. The van der Waals surface area contributed by atoms with Crippen molar-refractivity contribution >= 4 is 58.0 Å². The molecule has 0 spiro atoms. The van der Waals surface area contributed by atoms with Crippen molar-refractivity contribution in [3.8, 4) is 0 Å². The quantitative estimate of drug-likeness (QED) is 0.102. The summed E-state index contributed by atoms with van der Waals surface area (Å²) in [6.07, 6.45) is -2.46. The Morgan fingerprint density at radius 3 is 2.33 bits per heavy atom. The van der Waals surface area contributed by atoms with E-state index < -0.39 is 90.7 Å². The molecule has 10 N–H and O–H groups in total. The third-order valence-corrected chi connectivity index (χ3v) is 9.64. The maximum Gasteiger partial charge on any atom is 0.524 e. The topological polar surface area (TPSA) is 361 Å². The van der Waals surface area contributed by atoms with Crippen molar-refractivity contribution in [2.75, 3.05) is 18.9 Å². The van der Waals surface area contributed by atoms with E-state index in [9.17, 15) is 53.1 Å². The molecule has 3 aliphatic rings. The lowest BCUT2D eigenvalue weighted by Gasteiger charge is -2.25. The van der Waals surface area contributed by atoms with Crippen molar-refractivity contribution in [2.24, 2.45) is 5.73 Å². The maximum absolute atomic E-state index is 12.5. The zero-order valence-electron chi connectivity index (χ0n) is 23.8. The van der Waals surface area contributed by atoms with E-state index in [0.717, 1.165) is 22.1 Å². The van der Waals surface area contributed by atoms with Crippen LogP contribution in [0.25, 0.3) is 17.0 Å². The molecule has 262 valence electrons. The number of imidazole rings is 1. The fourth-order valence-corrected chi connectivity index (χ4v) is 7.00. The second kappa shape index (κ2) is 13.4. The number of rotatable bonds is 13. The Kier molecular flexibility index (Phi) is 9.94. The van der Waals surface area contributed by atoms with Crippen molar-refractivity contribution in [1.82, 2.24) is 24.4 Å². The van der Waals surface area contributed by atoms with Crippen LogP contribution in [0.2, 0.25) is 0 Å². The Hall–Kier alpha value is -3.60. The zero-order valence-corrected chi connectivity index (χ0v) is 26.5. The number of phosphoric acid groups is 3. The van der Waals surface area contributed by atoms with Gasteiger partial charge in [-0.25, -0.2) is 33.2 Å². The van der Waals surface area contributed by atoms with Crippen LogP contribution in [-0.2, 0) is 50.6 Å². The number of nitrogen functional groups attached to an aromatic ring is 1. The minimum Gasteiger partial charge on any atom is -0.467 e. The highest BCUT2D eigenvalue weighted by molar-refractivity contribution is 7.61. The number of aromatic nitrogens is 4. The number of carbonyl (C=O) groups is 2. The number of allylic oxidation sites excluding steroid dienone is 1. The van der Waals surface area contributed by atoms with E-state index in [1.165, 1.54) is 18.5 Å². The fraction of sp³-hybridized carbons (Fsp3) is 0.381. The van der Waals surface area contributed by atoms with Gasteiger partial charge in [-0.05, 0) is 6.42 Å². The van der Waals surface area contributed by atoms with Crippen LogP contribution in [-0.4, -0.2) is 110 Å². The highest BCUT2D eigenvalue weighted by Crippen LogP contribution is 2.61. The first-order valence-electron chi connectivity index (χ1n) is 13.1. The van der Waals surface area contributed by atoms with E-state index in [1.807, 2.05) is 0 Å². The summed E-state index contributed by atoms with van der Waals surface area (Å²) in [5, 5.41) is 21.0. The summed E-state index contributed by atoms with van der Waals surface area (Å²) >= 11 is 0. The first-order valence-corrected chi connectivity index (χ1v) is 17.6. The Morgan fingerprint density at radius 1 is 1.02 bits per heavy atom. The van der Waals surface area contributed by atoms with Gasteiger partial charge < -0.3 is 50.4 Å². The Labute approximate surface area is 267 Å². The number of aliphatic hydroxyl groups is 2. The summed E-state index contributed by atoms with van der Waals surface area (Å²) in [6.45, 7) is -2.14. The molecular weight excluding hydrogens is 715 g/mol. The van der Waals surface area contributed by atoms with Crippen LogP contribution in [0.4, 0.5) is 5.82 Å². The van der Waals surface area contributed by atoms with Gasteiger partial charge in [0.15, 0.2) is 35.4 Å². The van der Waals surface area contributed by atoms with Crippen molar-refractivity contribution in [3.63, 3.8) is 0 Å². The SMILES string of the molecule is NC(=O)C1=CN([C@H]2O[C@@H](COP(=O)(O)OP(=O)(O)OC[C@@H]3OC(n4cnc5c(N)ncnc54)=C(OP(=O)(O)O)[C@@H]3O)[C@H](O)C2=O)C=CC1. The zero-order chi connectivity index (χ0) is 35.2. The summed E-state index contributed by atoms with van der Waals surface area (Å²) < 4.78 is 66.5. The van der Waals surface area contributed by atoms with Crippen LogP contribution in [0, 0.1) is 0 Å². The van der Waals surface area contributed by atoms with Crippen LogP contribution in [0.3, 0.4) is 0 Å². The van der Waals surface area contributed by atoms with Gasteiger partial charge in [-0.3, -0.25) is 28.4 Å². The van der Waals surface area contributed by atoms with Gasteiger partial charge in [0.1, 0.15) is 24.9 Å². The third kappa shape index (κ3) is 7.82. The van der Waals surface area contributed by atoms with Gasteiger partial charge in [-0.2, -0.15) is 4.31 Å². The summed E-state index contributed by atoms with van der Waals surface area (Å²) in [4.78, 5) is 75.6. The Balaban J connectivity index is 1.21. The summed E-state index contributed by atoms with van der Waals surface area (Å²) in [5.74, 6) is -3.22. The lowest BCUT2D eigenvalue weighted by atomic mass is 10.1. The average molecular weight is 741 g/mol. The van der Waals surface area contributed by atoms with Gasteiger partial charge in [-0.15, -0.1) is 0 Å². The van der Waals surface area contributed by atoms with Crippen LogP contribution in [0.15, 0.2) is 42.5 Å². The first kappa shape index (κ1) is 35.7. The molecule has 27 heteroatoms. The predicted molar refractivity (Wildman–Crippen MR) is 152 cm³/mol. The van der Waals surface area contributed by atoms with Gasteiger partial charge in [0.25, 0.3) is 0 Å². The number of Topliss-reactive ketones (excluding diaryl/α,β-unsaturated/α-hetero) is 1. The number of fused-ring (bicyclic) bond motifs is 1. The summed E-state index contributed by atoms with van der Waals surface area (Å²) in [5.41, 5.74) is 11.1. The van der Waals surface area contributed by atoms with Gasteiger partial charge in [0.2, 0.25) is 23.3 Å². The number of ketones is 1. The van der Waals surface area contributed by atoms with Gasteiger partial charge in [-0.1, -0.05) is 6.08 Å². The summed E-state index contributed by atoms with van der Waals surface area (Å²) in [6, 6.07) is 0. The number of nitrogens with two attached hydrogens (primary N) is 2. The average Bonchev–Trinajstić information content (AvgIpc) is 3.64. The molecule has 0 bridgehead atoms. The molecule has 0 saturated carbocycles. The molecule has 0 radical (unpaired) electrons. The van der Waals surface area contributed by atoms with Crippen molar-refractivity contribution in [2.45, 2.75) is 37.1 Å². The standard InChI is InChI=1S/C21H26N7O17P3/c22-17-12-19(25-7-24-17)28(8-26-12)21-16(44-46(33,34)35)14(30)11(43-21)6-41-48(38,39)45-47(36,37)40-5-10-13(29)15(31)20(42-10)27-3-1-2-9(4-27)18(23)32/h1,3-4,7-8,10-11,13-14,20,29-30H,2,5-6H2,(H2,23,32)(H,36,37)(H,38,39)(H2,22,24,25)(H2,33,34,35)/t10-,11-,13-,14+,20-/m0/s1. The number of anilines is 1. The summed E-state index contributed by atoms with van der Waals surface area (Å²) in [7, 11) is -16.4. The minimum absolute atomic E-state index is 0.0260. The van der Waals surface area contributed by atoms with Crippen LogP contribution >= 0.6 is 23.5 Å². The predicted octanol–water partition coefficient (Wildman–Crippen LogP) is -2.10. The highest BCUT2D eigenvalue weighted by atomic mass is 31.3. The second-order valence-electron chi connectivity index (χ2n) is 9.94. The molecule has 0 aromatic carbocycles. The normalized spacial score (nSPS) is 27.1. The van der Waals surface area contributed by atoms with Crippen LogP contribution in [0.1, 0.15) is 6.42 Å². The lowest BCUT2D eigenvalue weighted by molar-refractivity contribution is -0.131. The van der Waals surface area contributed by atoms with Gasteiger partial charge >= 0.3 is 23.5 Å². The number of primary amides is 1. The molecule has 1 amide bonds. The molecule has 1 saturated heterocycles. The van der Waals surface area contributed by atoms with E-state index in [1.54, 1.807) is 0 Å². The smallest absolute Gasteiger partial charge is 0.467 e. The fourth-order valence-electron chi connectivity index (χ4n) is 4.47. The molecule has 5 heterocycles. The molecule has 3 aliphatic heterocycles. The molecule has 0 aliphatic carbocycles. The van der Waals surface area contributed by atoms with Crippen molar-refractivity contribution < 1.29 is 80.4 Å². The first-order chi connectivity index (χ1) is 22.4. The number of carbonyl (C=O) groups excluding carboxylic acids is 2. The van der Waals surface area contributed by atoms with E-state index in [-0.39, 0.29) is 29.0 Å². The van der Waals surface area contributed by atoms with Crippen molar-refractivity contribution in [1.29, 1.82) is 0 Å². The molecule has 2 aromatic heterocycles. The number of amides is 1. The molecular formula is C21H26N7O17P3. The maximum atomic E-state index is 12.5. The largest absolute Gasteiger partial charge is 0.524 e. The van der Waals surface area contributed by atoms with Gasteiger partial charge in [0, 0.05) is 18.0 Å². The Morgan fingerprint density at radius 2 is 1.69 bits per heavy atom. The molecule has 1 fully saturated rings. The monoisotopic (exact) mass is 741 g/mol. The number of nitrogens with zero attached hydrogens (tertiary/aromatic N) is 5. The number of hydrogen-bond acceptors (Lipinski definition) is 18. The van der Waals surface area contributed by atoms with E-state index >= 15 is 0 Å². The molecule has 2 aromatic rings. The molecule has 24 nitrogen and oxygen atoms in total. The molecule has 2 unspecified atom stereocenters. The third-order valence-electron chi connectivity index (χ3n) is 6.60. The number of aliphatic hydroxyl groups excluding tert-OH is 2. The molecule has 7 atom stereocenters.